The fourth-order valence-corrected chi connectivity index (χ4v) is 5.11. The number of halogens is 1. The third kappa shape index (κ3) is 3.49. The average molecular weight is 344 g/mol. The minimum absolute atomic E-state index is 0. The van der Waals surface area contributed by atoms with E-state index >= 15 is 0 Å². The first-order valence-corrected chi connectivity index (χ1v) is 9.14. The summed E-state index contributed by atoms with van der Waals surface area (Å²) in [6, 6.07) is 0. The fraction of sp³-hybridized carbons (Fsp3) is 0.812. The van der Waals surface area contributed by atoms with Crippen LogP contribution in [0.15, 0.2) is 6.20 Å². The van der Waals surface area contributed by atoms with Gasteiger partial charge in [-0.25, -0.2) is 4.98 Å². The average Bonchev–Trinajstić information content (AvgIpc) is 3.22. The Kier molecular flexibility index (Phi) is 5.40. The predicted molar refractivity (Wildman–Crippen MR) is 91.7 cm³/mol. The molecular weight excluding hydrogens is 318 g/mol. The van der Waals surface area contributed by atoms with E-state index < -0.39 is 0 Å². The molecular formula is C16H26ClN3OS. The number of ether oxygens (including phenoxy) is 1. The number of nitrogens with zero attached hydrogens (tertiary/aromatic N) is 2. The Morgan fingerprint density at radius 3 is 3.00 bits per heavy atom. The van der Waals surface area contributed by atoms with Gasteiger partial charge in [-0.15, -0.1) is 23.7 Å². The van der Waals surface area contributed by atoms with Gasteiger partial charge in [0.05, 0.1) is 0 Å². The number of aromatic nitrogens is 1. The maximum Gasteiger partial charge on any atom is 0.122 e. The highest BCUT2D eigenvalue weighted by Gasteiger charge is 2.38. The lowest BCUT2D eigenvalue weighted by Crippen LogP contribution is -2.38. The number of nitrogens with one attached hydrogen (secondary N) is 1. The molecule has 0 aliphatic carbocycles. The first-order valence-electron chi connectivity index (χ1n) is 8.32. The molecule has 1 N–H and O–H groups in total. The monoisotopic (exact) mass is 343 g/mol. The summed E-state index contributed by atoms with van der Waals surface area (Å²) in [5.41, 5.74) is 0.604. The van der Waals surface area contributed by atoms with E-state index in [9.17, 15) is 0 Å². The van der Waals surface area contributed by atoms with Gasteiger partial charge in [-0.2, -0.15) is 0 Å². The van der Waals surface area contributed by atoms with Crippen molar-refractivity contribution in [1.82, 2.24) is 15.2 Å². The molecule has 3 aliphatic heterocycles. The second-order valence-corrected chi connectivity index (χ2v) is 8.02. The summed E-state index contributed by atoms with van der Waals surface area (Å²) in [6.45, 7) is 6.94. The van der Waals surface area contributed by atoms with Crippen molar-refractivity contribution in [3.05, 3.63) is 16.1 Å². The number of rotatable bonds is 3. The van der Waals surface area contributed by atoms with E-state index in [1.165, 1.54) is 61.7 Å². The SMILES string of the molecule is Cl.c1nc(C2CCCO2)sc1CN1CCC2(CCNCC2)C1. The van der Waals surface area contributed by atoms with Gasteiger partial charge in [0.15, 0.2) is 0 Å². The van der Waals surface area contributed by atoms with Gasteiger partial charge in [-0.05, 0) is 57.2 Å². The Labute approximate surface area is 143 Å². The minimum Gasteiger partial charge on any atom is -0.371 e. The molecule has 1 unspecified atom stereocenters. The van der Waals surface area contributed by atoms with Crippen molar-refractivity contribution in [1.29, 1.82) is 0 Å². The Bertz CT molecular complexity index is 483. The van der Waals surface area contributed by atoms with Gasteiger partial charge in [0.2, 0.25) is 0 Å². The summed E-state index contributed by atoms with van der Waals surface area (Å²) in [6.07, 6.45) is 8.77. The summed E-state index contributed by atoms with van der Waals surface area (Å²) < 4.78 is 5.74. The summed E-state index contributed by atoms with van der Waals surface area (Å²) in [5.74, 6) is 0. The van der Waals surface area contributed by atoms with Crippen LogP contribution in [-0.2, 0) is 11.3 Å². The molecule has 3 aliphatic rings. The van der Waals surface area contributed by atoms with Crippen LogP contribution in [0.2, 0.25) is 0 Å². The van der Waals surface area contributed by atoms with Crippen molar-refractivity contribution >= 4 is 23.7 Å². The maximum absolute atomic E-state index is 5.74. The normalized spacial score (nSPS) is 28.1. The van der Waals surface area contributed by atoms with Gasteiger partial charge in [0.1, 0.15) is 11.1 Å². The molecule has 4 heterocycles. The van der Waals surface area contributed by atoms with Crippen LogP contribution in [0, 0.1) is 5.41 Å². The van der Waals surface area contributed by atoms with Gasteiger partial charge < -0.3 is 10.1 Å². The molecule has 1 aromatic heterocycles. The Hall–Kier alpha value is -0.200. The van der Waals surface area contributed by atoms with E-state index in [0.29, 0.717) is 5.41 Å². The molecule has 1 aromatic rings. The summed E-state index contributed by atoms with van der Waals surface area (Å²) in [4.78, 5) is 8.65. The van der Waals surface area contributed by atoms with E-state index in [1.807, 2.05) is 11.3 Å². The molecule has 0 amide bonds. The van der Waals surface area contributed by atoms with E-state index in [1.54, 1.807) is 0 Å². The lowest BCUT2D eigenvalue weighted by atomic mass is 9.78. The zero-order chi connectivity index (χ0) is 14.1. The van der Waals surface area contributed by atoms with Gasteiger partial charge >= 0.3 is 0 Å². The van der Waals surface area contributed by atoms with Gasteiger partial charge in [-0.1, -0.05) is 0 Å². The second kappa shape index (κ2) is 7.14. The van der Waals surface area contributed by atoms with Crippen molar-refractivity contribution in [2.75, 3.05) is 32.8 Å². The van der Waals surface area contributed by atoms with E-state index in [-0.39, 0.29) is 18.5 Å². The fourth-order valence-electron chi connectivity index (χ4n) is 4.07. The number of hydrogen-bond acceptors (Lipinski definition) is 5. The van der Waals surface area contributed by atoms with Crippen LogP contribution >= 0.6 is 23.7 Å². The number of likely N-dealkylation sites (tertiary alicyclic amines) is 1. The molecule has 4 nitrogen and oxygen atoms in total. The van der Waals surface area contributed by atoms with Crippen LogP contribution in [0.1, 0.15) is 48.1 Å². The minimum atomic E-state index is 0. The van der Waals surface area contributed by atoms with Crippen LogP contribution in [-0.4, -0.2) is 42.7 Å². The lowest BCUT2D eigenvalue weighted by molar-refractivity contribution is 0.111. The predicted octanol–water partition coefficient (Wildman–Crippen LogP) is 2.99. The molecule has 3 fully saturated rings. The smallest absolute Gasteiger partial charge is 0.122 e. The highest BCUT2D eigenvalue weighted by Crippen LogP contribution is 2.39. The third-order valence-electron chi connectivity index (χ3n) is 5.34. The topological polar surface area (TPSA) is 37.4 Å². The van der Waals surface area contributed by atoms with Crippen molar-refractivity contribution in [2.45, 2.75) is 44.8 Å². The van der Waals surface area contributed by atoms with Crippen LogP contribution in [0.4, 0.5) is 0 Å². The largest absolute Gasteiger partial charge is 0.371 e. The first-order chi connectivity index (χ1) is 10.3. The second-order valence-electron chi connectivity index (χ2n) is 6.88. The molecule has 0 saturated carbocycles. The highest BCUT2D eigenvalue weighted by atomic mass is 35.5. The highest BCUT2D eigenvalue weighted by molar-refractivity contribution is 7.11. The summed E-state index contributed by atoms with van der Waals surface area (Å²) in [7, 11) is 0. The van der Waals surface area contributed by atoms with Gasteiger partial charge in [0, 0.05) is 30.8 Å². The molecule has 0 aromatic carbocycles. The van der Waals surface area contributed by atoms with E-state index in [2.05, 4.69) is 21.4 Å². The van der Waals surface area contributed by atoms with Crippen LogP contribution in [0.5, 0.6) is 0 Å². The van der Waals surface area contributed by atoms with Crippen molar-refractivity contribution in [2.24, 2.45) is 5.41 Å². The molecule has 1 atom stereocenters. The first kappa shape index (κ1) is 16.7. The molecule has 6 heteroatoms. The zero-order valence-corrected chi connectivity index (χ0v) is 14.7. The van der Waals surface area contributed by atoms with Crippen molar-refractivity contribution in [3.8, 4) is 0 Å². The zero-order valence-electron chi connectivity index (χ0n) is 13.1. The Balaban J connectivity index is 0.00000144. The molecule has 1 spiro atoms. The molecule has 3 saturated heterocycles. The van der Waals surface area contributed by atoms with Gasteiger partial charge in [0.25, 0.3) is 0 Å². The lowest BCUT2D eigenvalue weighted by Gasteiger charge is -2.33. The van der Waals surface area contributed by atoms with E-state index in [0.717, 1.165) is 19.6 Å². The van der Waals surface area contributed by atoms with Crippen molar-refractivity contribution < 1.29 is 4.74 Å². The number of thiazole rings is 1. The molecule has 0 radical (unpaired) electrons. The molecule has 22 heavy (non-hydrogen) atoms. The van der Waals surface area contributed by atoms with Crippen LogP contribution < -0.4 is 5.32 Å². The molecule has 4 rings (SSSR count). The standard InChI is InChI=1S/C16H25N3OS.ClH/c1-2-14(20-9-1)15-18-10-13(21-15)11-19-8-5-16(12-19)3-6-17-7-4-16;/h10,14,17H,1-9,11-12H2;1H. The number of piperidine rings is 1. The van der Waals surface area contributed by atoms with Gasteiger partial charge in [-0.3, -0.25) is 4.90 Å². The number of hydrogen-bond donors (Lipinski definition) is 1. The Morgan fingerprint density at radius 2 is 2.23 bits per heavy atom. The summed E-state index contributed by atoms with van der Waals surface area (Å²) >= 11 is 1.86. The molecule has 0 bridgehead atoms. The summed E-state index contributed by atoms with van der Waals surface area (Å²) in [5, 5.41) is 4.69. The molecule has 124 valence electrons. The van der Waals surface area contributed by atoms with Crippen LogP contribution in [0.25, 0.3) is 0 Å². The quantitative estimate of drug-likeness (QED) is 0.915. The van der Waals surface area contributed by atoms with E-state index in [4.69, 9.17) is 4.74 Å². The Morgan fingerprint density at radius 1 is 1.36 bits per heavy atom. The maximum atomic E-state index is 5.74. The van der Waals surface area contributed by atoms with Crippen LogP contribution in [0.3, 0.4) is 0 Å². The van der Waals surface area contributed by atoms with Crippen molar-refractivity contribution in [3.63, 3.8) is 0 Å². The third-order valence-corrected chi connectivity index (χ3v) is 6.41.